The van der Waals surface area contributed by atoms with Gasteiger partial charge in [-0.1, -0.05) is 6.07 Å². The molecule has 7 heteroatoms. The van der Waals surface area contributed by atoms with Crippen molar-refractivity contribution in [1.82, 2.24) is 0 Å². The van der Waals surface area contributed by atoms with Gasteiger partial charge in [-0.2, -0.15) is 13.2 Å². The molecule has 3 N–H and O–H groups in total. The largest absolute Gasteiger partial charge is 0.416 e. The maximum atomic E-state index is 12.7. The third-order valence-electron chi connectivity index (χ3n) is 2.27. The molecule has 0 aliphatic rings. The van der Waals surface area contributed by atoms with E-state index in [1.807, 2.05) is 0 Å². The normalized spacial score (nSPS) is 15.0. The molecule has 1 aromatic carbocycles. The Labute approximate surface area is 102 Å². The summed E-state index contributed by atoms with van der Waals surface area (Å²) in [4.78, 5) is 0. The number of aliphatic hydroxyl groups is 1. The zero-order valence-corrected chi connectivity index (χ0v) is 9.65. The molecule has 0 aliphatic carbocycles. The second-order valence-corrected chi connectivity index (χ2v) is 3.51. The molecule has 0 saturated heterocycles. The van der Waals surface area contributed by atoms with Crippen molar-refractivity contribution in [2.24, 2.45) is 5.73 Å². The Hall–Kier alpha value is -0.850. The van der Waals surface area contributed by atoms with Crippen molar-refractivity contribution in [3.8, 4) is 0 Å². The number of halogens is 5. The van der Waals surface area contributed by atoms with E-state index in [1.54, 1.807) is 0 Å². The summed E-state index contributed by atoms with van der Waals surface area (Å²) < 4.78 is 49.3. The van der Waals surface area contributed by atoms with Crippen molar-refractivity contribution in [1.29, 1.82) is 0 Å². The van der Waals surface area contributed by atoms with Gasteiger partial charge in [0.15, 0.2) is 6.10 Å². The third kappa shape index (κ3) is 3.83. The van der Waals surface area contributed by atoms with Crippen LogP contribution in [0, 0.1) is 12.7 Å². The van der Waals surface area contributed by atoms with Crippen LogP contribution in [0.2, 0.25) is 0 Å². The molecular weight excluding hydrogens is 262 g/mol. The van der Waals surface area contributed by atoms with Gasteiger partial charge >= 0.3 is 6.18 Å². The molecule has 0 bridgehead atoms. The number of aryl methyl sites for hydroxylation is 1. The monoisotopic (exact) mass is 273 g/mol. The molecule has 98 valence electrons. The number of nitrogens with two attached hydrogens (primary N) is 1. The first-order chi connectivity index (χ1) is 7.23. The minimum atomic E-state index is -4.79. The molecule has 17 heavy (non-hydrogen) atoms. The lowest BCUT2D eigenvalue weighted by molar-refractivity contribution is -0.210. The van der Waals surface area contributed by atoms with Gasteiger partial charge in [0.1, 0.15) is 5.82 Å². The molecule has 1 rings (SSSR count). The Kier molecular flexibility index (Phi) is 5.38. The molecule has 0 radical (unpaired) electrons. The zero-order chi connectivity index (χ0) is 12.5. The van der Waals surface area contributed by atoms with Gasteiger partial charge in [0.05, 0.1) is 6.04 Å². The summed E-state index contributed by atoms with van der Waals surface area (Å²) >= 11 is 0. The van der Waals surface area contributed by atoms with Crippen LogP contribution in [0.5, 0.6) is 0 Å². The van der Waals surface area contributed by atoms with Gasteiger partial charge in [-0.05, 0) is 30.2 Å². The second kappa shape index (κ2) is 5.66. The summed E-state index contributed by atoms with van der Waals surface area (Å²) in [5.74, 6) is -0.560. The van der Waals surface area contributed by atoms with E-state index in [0.717, 1.165) is 18.2 Å². The molecule has 0 heterocycles. The minimum Gasteiger partial charge on any atom is -0.382 e. The van der Waals surface area contributed by atoms with Gasteiger partial charge in [0.2, 0.25) is 0 Å². The number of benzene rings is 1. The molecule has 2 nitrogen and oxygen atoms in total. The van der Waals surface area contributed by atoms with Crippen molar-refractivity contribution in [3.63, 3.8) is 0 Å². The molecular formula is C10H12ClF4NO. The van der Waals surface area contributed by atoms with E-state index in [9.17, 15) is 17.6 Å². The predicted molar refractivity (Wildman–Crippen MR) is 57.4 cm³/mol. The fourth-order valence-electron chi connectivity index (χ4n) is 1.39. The highest BCUT2D eigenvalue weighted by atomic mass is 35.5. The van der Waals surface area contributed by atoms with Crippen LogP contribution in [0.3, 0.4) is 0 Å². The van der Waals surface area contributed by atoms with Gasteiger partial charge in [0, 0.05) is 0 Å². The van der Waals surface area contributed by atoms with Crippen LogP contribution in [0.1, 0.15) is 17.2 Å². The first-order valence-corrected chi connectivity index (χ1v) is 4.50. The quantitative estimate of drug-likeness (QED) is 0.813. The Bertz CT molecular complexity index is 383. The second-order valence-electron chi connectivity index (χ2n) is 3.51. The third-order valence-corrected chi connectivity index (χ3v) is 2.27. The molecule has 0 amide bonds. The summed E-state index contributed by atoms with van der Waals surface area (Å²) in [5, 5.41) is 8.96. The van der Waals surface area contributed by atoms with Gasteiger partial charge < -0.3 is 10.8 Å². The molecule has 0 saturated carbocycles. The Morgan fingerprint density at radius 2 is 1.82 bits per heavy atom. The van der Waals surface area contributed by atoms with Crippen LogP contribution in [0.15, 0.2) is 18.2 Å². The fraction of sp³-hybridized carbons (Fsp3) is 0.400. The molecule has 1 aromatic rings. The topological polar surface area (TPSA) is 46.2 Å². The maximum absolute atomic E-state index is 12.7. The van der Waals surface area contributed by atoms with Crippen LogP contribution in [-0.2, 0) is 0 Å². The van der Waals surface area contributed by atoms with E-state index in [0.29, 0.717) is 0 Å². The number of aliphatic hydroxyl groups excluding tert-OH is 1. The maximum Gasteiger partial charge on any atom is 0.416 e. The van der Waals surface area contributed by atoms with Gasteiger partial charge in [0.25, 0.3) is 0 Å². The number of alkyl halides is 3. The van der Waals surface area contributed by atoms with E-state index < -0.39 is 24.1 Å². The van der Waals surface area contributed by atoms with Crippen molar-refractivity contribution >= 4 is 12.4 Å². The average Bonchev–Trinajstić information content (AvgIpc) is 2.14. The SMILES string of the molecule is Cc1cc(F)ccc1[C@@H](N)[C@@H](O)C(F)(F)F.Cl. The standard InChI is InChI=1S/C10H11F4NO.ClH/c1-5-4-6(11)2-3-7(5)8(15)9(16)10(12,13)14;/h2-4,8-9,16H,15H2,1H3;1H/t8-,9-;/m1./s1. The van der Waals surface area contributed by atoms with E-state index >= 15 is 0 Å². The lowest BCUT2D eigenvalue weighted by Crippen LogP contribution is -2.39. The van der Waals surface area contributed by atoms with E-state index in [1.165, 1.54) is 6.92 Å². The molecule has 2 atom stereocenters. The van der Waals surface area contributed by atoms with Crippen LogP contribution in [0.25, 0.3) is 0 Å². The molecule has 0 aromatic heterocycles. The number of hydrogen-bond donors (Lipinski definition) is 2. The Morgan fingerprint density at radius 3 is 2.24 bits per heavy atom. The molecule has 0 aliphatic heterocycles. The zero-order valence-electron chi connectivity index (χ0n) is 8.83. The van der Waals surface area contributed by atoms with Crippen LogP contribution in [0.4, 0.5) is 17.6 Å². The first kappa shape index (κ1) is 16.1. The first-order valence-electron chi connectivity index (χ1n) is 4.50. The lowest BCUT2D eigenvalue weighted by atomic mass is 9.97. The number of hydrogen-bond acceptors (Lipinski definition) is 2. The van der Waals surface area contributed by atoms with E-state index in [4.69, 9.17) is 10.8 Å². The average molecular weight is 274 g/mol. The van der Waals surface area contributed by atoms with Crippen molar-refractivity contribution in [3.05, 3.63) is 35.1 Å². The summed E-state index contributed by atoms with van der Waals surface area (Å²) in [6.45, 7) is 1.43. The molecule has 0 spiro atoms. The Morgan fingerprint density at radius 1 is 1.29 bits per heavy atom. The van der Waals surface area contributed by atoms with Crippen LogP contribution < -0.4 is 5.73 Å². The van der Waals surface area contributed by atoms with Gasteiger partial charge in [-0.15, -0.1) is 12.4 Å². The van der Waals surface area contributed by atoms with E-state index in [-0.39, 0.29) is 23.5 Å². The smallest absolute Gasteiger partial charge is 0.382 e. The van der Waals surface area contributed by atoms with Crippen LogP contribution in [-0.4, -0.2) is 17.4 Å². The van der Waals surface area contributed by atoms with Gasteiger partial charge in [-0.25, -0.2) is 4.39 Å². The molecule has 0 unspecified atom stereocenters. The fourth-order valence-corrected chi connectivity index (χ4v) is 1.39. The molecule has 0 fully saturated rings. The van der Waals surface area contributed by atoms with Crippen molar-refractivity contribution in [2.45, 2.75) is 25.2 Å². The van der Waals surface area contributed by atoms with Crippen molar-refractivity contribution < 1.29 is 22.7 Å². The highest BCUT2D eigenvalue weighted by molar-refractivity contribution is 5.85. The highest BCUT2D eigenvalue weighted by Crippen LogP contribution is 2.30. The minimum absolute atomic E-state index is 0. The summed E-state index contributed by atoms with van der Waals surface area (Å²) in [7, 11) is 0. The summed E-state index contributed by atoms with van der Waals surface area (Å²) in [6.07, 6.45) is -7.45. The lowest BCUT2D eigenvalue weighted by Gasteiger charge is -2.22. The predicted octanol–water partition coefficient (Wildman–Crippen LogP) is 2.48. The van der Waals surface area contributed by atoms with Crippen LogP contribution >= 0.6 is 12.4 Å². The highest BCUT2D eigenvalue weighted by Gasteiger charge is 2.43. The summed E-state index contributed by atoms with van der Waals surface area (Å²) in [5.41, 5.74) is 5.63. The number of rotatable bonds is 2. The van der Waals surface area contributed by atoms with Crippen molar-refractivity contribution in [2.75, 3.05) is 0 Å². The Balaban J connectivity index is 0.00000256. The summed E-state index contributed by atoms with van der Waals surface area (Å²) in [6, 6.07) is 1.61. The van der Waals surface area contributed by atoms with Gasteiger partial charge in [-0.3, -0.25) is 0 Å². The van der Waals surface area contributed by atoms with E-state index in [2.05, 4.69) is 0 Å².